The van der Waals surface area contributed by atoms with Crippen molar-refractivity contribution in [1.29, 1.82) is 0 Å². The first-order chi connectivity index (χ1) is 8.10. The largest absolute Gasteiger partial charge is 0.366 e. The summed E-state index contributed by atoms with van der Waals surface area (Å²) in [4.78, 5) is 4.18. The summed E-state index contributed by atoms with van der Waals surface area (Å²) in [7, 11) is 0. The van der Waals surface area contributed by atoms with Gasteiger partial charge in [-0.05, 0) is 24.8 Å². The van der Waals surface area contributed by atoms with Crippen LogP contribution < -0.4 is 5.32 Å². The van der Waals surface area contributed by atoms with Crippen LogP contribution in [0, 0.1) is 5.92 Å². The third-order valence-corrected chi connectivity index (χ3v) is 4.00. The minimum absolute atomic E-state index is 0.292. The van der Waals surface area contributed by atoms with Gasteiger partial charge in [0.05, 0.1) is 10.0 Å². The molecular weight excluding hydrogens is 279 g/mol. The Hall–Kier alpha value is -0.180. The summed E-state index contributed by atoms with van der Waals surface area (Å²) in [6, 6.07) is 2.04. The summed E-state index contributed by atoms with van der Waals surface area (Å²) in [5.74, 6) is 1.50. The quantitative estimate of drug-likeness (QED) is 0.770. The van der Waals surface area contributed by atoms with Crippen molar-refractivity contribution in [3.63, 3.8) is 0 Å². The first-order valence-corrected chi connectivity index (χ1v) is 7.01. The monoisotopic (exact) mass is 292 g/mol. The fourth-order valence-electron chi connectivity index (χ4n) is 1.82. The fourth-order valence-corrected chi connectivity index (χ4v) is 2.37. The number of hydrogen-bond donors (Lipinski definition) is 1. The second-order valence-electron chi connectivity index (χ2n) is 4.52. The smallest absolute Gasteiger partial charge is 0.150 e. The maximum atomic E-state index is 6.09. The molecule has 1 heterocycles. The molecular formula is C12H15Cl3N2. The topological polar surface area (TPSA) is 24.9 Å². The van der Waals surface area contributed by atoms with Crippen molar-refractivity contribution in [1.82, 2.24) is 4.98 Å². The average molecular weight is 294 g/mol. The number of halogens is 3. The molecule has 1 aromatic heterocycles. The third-order valence-electron chi connectivity index (χ3n) is 3.04. The Kier molecular flexibility index (Phi) is 4.40. The fraction of sp³-hybridized carbons (Fsp3) is 0.583. The molecule has 1 atom stereocenters. The van der Waals surface area contributed by atoms with Gasteiger partial charge in [0.2, 0.25) is 0 Å². The van der Waals surface area contributed by atoms with Gasteiger partial charge in [-0.25, -0.2) is 4.98 Å². The summed E-state index contributed by atoms with van der Waals surface area (Å²) < 4.78 is 0. The summed E-state index contributed by atoms with van der Waals surface area (Å²) in [5, 5.41) is 4.55. The average Bonchev–Trinajstić information content (AvgIpc) is 3.08. The van der Waals surface area contributed by atoms with Crippen LogP contribution >= 0.6 is 34.8 Å². The summed E-state index contributed by atoms with van der Waals surface area (Å²) in [6.07, 6.45) is 4.92. The van der Waals surface area contributed by atoms with Crippen molar-refractivity contribution < 1.29 is 0 Å². The van der Waals surface area contributed by atoms with Crippen molar-refractivity contribution in [2.45, 2.75) is 38.6 Å². The lowest BCUT2D eigenvalue weighted by Gasteiger charge is -2.18. The zero-order chi connectivity index (χ0) is 12.4. The van der Waals surface area contributed by atoms with Gasteiger partial charge in [-0.1, -0.05) is 54.6 Å². The van der Waals surface area contributed by atoms with Crippen LogP contribution in [0.15, 0.2) is 6.07 Å². The maximum Gasteiger partial charge on any atom is 0.150 e. The van der Waals surface area contributed by atoms with Crippen molar-refractivity contribution in [3.05, 3.63) is 21.3 Å². The van der Waals surface area contributed by atoms with E-state index in [1.165, 1.54) is 19.3 Å². The Bertz CT molecular complexity index is 405. The second-order valence-corrected chi connectivity index (χ2v) is 5.69. The maximum absolute atomic E-state index is 6.09. The molecule has 5 heteroatoms. The molecule has 1 aliphatic carbocycles. The molecule has 2 rings (SSSR count). The van der Waals surface area contributed by atoms with Crippen LogP contribution in [0.5, 0.6) is 0 Å². The van der Waals surface area contributed by atoms with Gasteiger partial charge < -0.3 is 5.32 Å². The van der Waals surface area contributed by atoms with E-state index in [0.29, 0.717) is 27.1 Å². The van der Waals surface area contributed by atoms with E-state index in [9.17, 15) is 0 Å². The van der Waals surface area contributed by atoms with Crippen LogP contribution in [-0.4, -0.2) is 11.0 Å². The molecule has 0 aromatic carbocycles. The van der Waals surface area contributed by atoms with E-state index in [2.05, 4.69) is 17.2 Å². The van der Waals surface area contributed by atoms with Gasteiger partial charge in [-0.3, -0.25) is 0 Å². The van der Waals surface area contributed by atoms with Gasteiger partial charge in [-0.2, -0.15) is 0 Å². The molecule has 1 unspecified atom stereocenters. The number of pyridine rings is 1. The number of hydrogen-bond acceptors (Lipinski definition) is 2. The van der Waals surface area contributed by atoms with Crippen LogP contribution in [0.25, 0.3) is 0 Å². The van der Waals surface area contributed by atoms with E-state index in [1.807, 2.05) is 0 Å². The molecule has 1 aromatic rings. The Morgan fingerprint density at radius 3 is 2.65 bits per heavy atom. The molecule has 1 fully saturated rings. The highest BCUT2D eigenvalue weighted by atomic mass is 35.5. The summed E-state index contributed by atoms with van der Waals surface area (Å²) in [6.45, 7) is 2.16. The third kappa shape index (κ3) is 3.64. The summed E-state index contributed by atoms with van der Waals surface area (Å²) >= 11 is 17.8. The minimum atomic E-state index is 0.292. The molecule has 0 spiro atoms. The van der Waals surface area contributed by atoms with E-state index in [-0.39, 0.29) is 0 Å². The molecule has 0 amide bonds. The first kappa shape index (κ1) is 13.3. The molecule has 94 valence electrons. The van der Waals surface area contributed by atoms with Gasteiger partial charge in [0.25, 0.3) is 0 Å². The Labute approximate surface area is 117 Å². The zero-order valence-electron chi connectivity index (χ0n) is 9.64. The van der Waals surface area contributed by atoms with E-state index in [1.54, 1.807) is 6.07 Å². The highest BCUT2D eigenvalue weighted by molar-refractivity contribution is 6.42. The van der Waals surface area contributed by atoms with Crippen LogP contribution in [0.1, 0.15) is 32.6 Å². The Morgan fingerprint density at radius 1 is 1.35 bits per heavy atom. The second kappa shape index (κ2) is 5.64. The predicted octanol–water partition coefficient (Wildman–Crippen LogP) is 5.03. The van der Waals surface area contributed by atoms with Gasteiger partial charge in [0, 0.05) is 6.04 Å². The summed E-state index contributed by atoms with van der Waals surface area (Å²) in [5.41, 5.74) is 0. The molecule has 0 bridgehead atoms. The zero-order valence-corrected chi connectivity index (χ0v) is 11.9. The highest BCUT2D eigenvalue weighted by Crippen LogP contribution is 2.36. The highest BCUT2D eigenvalue weighted by Gasteiger charge is 2.25. The number of anilines is 1. The molecule has 0 aliphatic heterocycles. The number of aromatic nitrogens is 1. The van der Waals surface area contributed by atoms with Crippen LogP contribution in [0.3, 0.4) is 0 Å². The van der Waals surface area contributed by atoms with Gasteiger partial charge >= 0.3 is 0 Å². The van der Waals surface area contributed by atoms with E-state index < -0.39 is 0 Å². The number of rotatable bonds is 5. The van der Waals surface area contributed by atoms with Crippen LogP contribution in [-0.2, 0) is 0 Å². The number of nitrogens with zero attached hydrogens (tertiary/aromatic N) is 1. The molecule has 17 heavy (non-hydrogen) atoms. The molecule has 1 saturated carbocycles. The first-order valence-electron chi connectivity index (χ1n) is 5.88. The van der Waals surface area contributed by atoms with Crippen molar-refractivity contribution in [2.24, 2.45) is 5.92 Å². The minimum Gasteiger partial charge on any atom is -0.366 e. The molecule has 0 radical (unpaired) electrons. The molecule has 0 saturated heterocycles. The lowest BCUT2D eigenvalue weighted by molar-refractivity contribution is 0.585. The lowest BCUT2D eigenvalue weighted by atomic mass is 10.1. The normalized spacial score (nSPS) is 16.9. The van der Waals surface area contributed by atoms with E-state index >= 15 is 0 Å². The van der Waals surface area contributed by atoms with Crippen molar-refractivity contribution in [2.75, 3.05) is 5.32 Å². The van der Waals surface area contributed by atoms with Gasteiger partial charge in [-0.15, -0.1) is 0 Å². The van der Waals surface area contributed by atoms with Crippen LogP contribution in [0.2, 0.25) is 15.2 Å². The molecule has 2 nitrogen and oxygen atoms in total. The van der Waals surface area contributed by atoms with E-state index in [0.717, 1.165) is 12.3 Å². The van der Waals surface area contributed by atoms with Crippen molar-refractivity contribution >= 4 is 40.6 Å². The SMILES string of the molecule is CCC(CC1CC1)Nc1nc(Cl)c(Cl)cc1Cl. The molecule has 1 aliphatic rings. The van der Waals surface area contributed by atoms with E-state index in [4.69, 9.17) is 34.8 Å². The van der Waals surface area contributed by atoms with Gasteiger partial charge in [0.1, 0.15) is 11.0 Å². The molecule has 1 N–H and O–H groups in total. The van der Waals surface area contributed by atoms with Crippen molar-refractivity contribution in [3.8, 4) is 0 Å². The number of nitrogens with one attached hydrogen (secondary N) is 1. The Morgan fingerprint density at radius 2 is 2.06 bits per heavy atom. The van der Waals surface area contributed by atoms with Gasteiger partial charge in [0.15, 0.2) is 0 Å². The lowest BCUT2D eigenvalue weighted by Crippen LogP contribution is -2.20. The standard InChI is InChI=1S/C12H15Cl3N2/c1-2-8(5-7-3-4-7)16-12-10(14)6-9(13)11(15)17-12/h6-8H,2-5H2,1H3,(H,16,17). The predicted molar refractivity (Wildman–Crippen MR) is 74.3 cm³/mol. The Balaban J connectivity index is 2.07. The van der Waals surface area contributed by atoms with Crippen LogP contribution in [0.4, 0.5) is 5.82 Å².